The van der Waals surface area contributed by atoms with Crippen LogP contribution in [0.15, 0.2) is 12.3 Å². The summed E-state index contributed by atoms with van der Waals surface area (Å²) in [6.07, 6.45) is 1.48. The van der Waals surface area contributed by atoms with Gasteiger partial charge in [0.05, 0.1) is 13.2 Å². The molecular formula is C12H18N4O4. The quantitative estimate of drug-likeness (QED) is 0.697. The van der Waals surface area contributed by atoms with Crippen LogP contribution >= 0.6 is 0 Å². The predicted octanol–water partition coefficient (Wildman–Crippen LogP) is -0.970. The molecule has 0 radical (unpaired) electrons. The molecule has 2 heterocycles. The highest BCUT2D eigenvalue weighted by Crippen LogP contribution is 1.97. The summed E-state index contributed by atoms with van der Waals surface area (Å²) in [5.74, 6) is -1.28. The second kappa shape index (κ2) is 7.01. The molecular weight excluding hydrogens is 264 g/mol. The number of carbonyl (C=O) groups is 2. The summed E-state index contributed by atoms with van der Waals surface area (Å²) in [5.41, 5.74) is 0.230. The van der Waals surface area contributed by atoms with Gasteiger partial charge in [-0.1, -0.05) is 0 Å². The van der Waals surface area contributed by atoms with Crippen molar-refractivity contribution < 1.29 is 19.4 Å². The van der Waals surface area contributed by atoms with E-state index in [0.29, 0.717) is 6.54 Å². The van der Waals surface area contributed by atoms with E-state index in [1.807, 2.05) is 0 Å². The highest BCUT2D eigenvalue weighted by molar-refractivity contribution is 5.92. The van der Waals surface area contributed by atoms with Gasteiger partial charge in [-0.25, -0.2) is 0 Å². The van der Waals surface area contributed by atoms with E-state index in [1.165, 1.54) is 16.9 Å². The number of carboxylic acids is 1. The fraction of sp³-hybridized carbons (Fsp3) is 0.583. The second-order valence-electron chi connectivity index (χ2n) is 4.50. The monoisotopic (exact) mass is 282 g/mol. The van der Waals surface area contributed by atoms with Crippen LogP contribution in [0, 0.1) is 0 Å². The first kappa shape index (κ1) is 14.5. The molecule has 0 aliphatic carbocycles. The van der Waals surface area contributed by atoms with Gasteiger partial charge in [-0.15, -0.1) is 0 Å². The largest absolute Gasteiger partial charge is 0.480 e. The van der Waals surface area contributed by atoms with Crippen molar-refractivity contribution in [3.8, 4) is 0 Å². The summed E-state index contributed by atoms with van der Waals surface area (Å²) in [6, 6.07) is 1.51. The molecule has 0 spiro atoms. The molecule has 1 aliphatic heterocycles. The number of hydrogen-bond acceptors (Lipinski definition) is 5. The normalized spacial score (nSPS) is 16.0. The van der Waals surface area contributed by atoms with Crippen LogP contribution in [0.2, 0.25) is 0 Å². The minimum Gasteiger partial charge on any atom is -0.480 e. The zero-order valence-electron chi connectivity index (χ0n) is 11.1. The van der Waals surface area contributed by atoms with E-state index in [0.717, 1.165) is 32.8 Å². The van der Waals surface area contributed by atoms with Crippen LogP contribution in [0.4, 0.5) is 0 Å². The van der Waals surface area contributed by atoms with Crippen molar-refractivity contribution in [2.75, 3.05) is 39.4 Å². The maximum Gasteiger partial charge on any atom is 0.325 e. The first-order valence-electron chi connectivity index (χ1n) is 6.49. The number of aliphatic carboxylic acids is 1. The fourth-order valence-corrected chi connectivity index (χ4v) is 1.95. The van der Waals surface area contributed by atoms with Gasteiger partial charge in [0, 0.05) is 32.4 Å². The zero-order chi connectivity index (χ0) is 14.4. The Morgan fingerprint density at radius 1 is 1.40 bits per heavy atom. The van der Waals surface area contributed by atoms with Crippen molar-refractivity contribution >= 4 is 11.9 Å². The van der Waals surface area contributed by atoms with Crippen LogP contribution in [-0.2, 0) is 16.1 Å². The number of amides is 1. The van der Waals surface area contributed by atoms with E-state index in [1.54, 1.807) is 0 Å². The molecule has 0 aromatic carbocycles. The predicted molar refractivity (Wildman–Crippen MR) is 69.5 cm³/mol. The molecule has 0 saturated carbocycles. The number of rotatable bonds is 6. The average Bonchev–Trinajstić information content (AvgIpc) is 2.87. The van der Waals surface area contributed by atoms with E-state index >= 15 is 0 Å². The second-order valence-corrected chi connectivity index (χ2v) is 4.50. The lowest BCUT2D eigenvalue weighted by molar-refractivity contribution is -0.137. The molecule has 1 aromatic heterocycles. The van der Waals surface area contributed by atoms with Gasteiger partial charge < -0.3 is 15.2 Å². The Labute approximate surface area is 116 Å². The Kier molecular flexibility index (Phi) is 5.08. The van der Waals surface area contributed by atoms with Gasteiger partial charge >= 0.3 is 5.97 Å². The minimum absolute atomic E-state index is 0.230. The third-order valence-electron chi connectivity index (χ3n) is 2.99. The number of morpholine rings is 1. The van der Waals surface area contributed by atoms with Crippen molar-refractivity contribution in [3.63, 3.8) is 0 Å². The number of ether oxygens (including phenoxy) is 1. The van der Waals surface area contributed by atoms with Crippen LogP contribution in [0.1, 0.15) is 10.5 Å². The van der Waals surface area contributed by atoms with Gasteiger partial charge in [-0.2, -0.15) is 5.10 Å². The van der Waals surface area contributed by atoms with E-state index in [4.69, 9.17) is 9.84 Å². The summed E-state index contributed by atoms with van der Waals surface area (Å²) >= 11 is 0. The van der Waals surface area contributed by atoms with Gasteiger partial charge in [0.1, 0.15) is 12.2 Å². The Bertz CT molecular complexity index is 468. The Morgan fingerprint density at radius 2 is 2.15 bits per heavy atom. The molecule has 0 unspecified atom stereocenters. The highest BCUT2D eigenvalue weighted by Gasteiger charge is 2.12. The van der Waals surface area contributed by atoms with Crippen LogP contribution in [-0.4, -0.2) is 71.1 Å². The number of aromatic nitrogens is 2. The molecule has 2 rings (SSSR count). The molecule has 1 aliphatic rings. The lowest BCUT2D eigenvalue weighted by Gasteiger charge is -2.26. The molecule has 2 N–H and O–H groups in total. The van der Waals surface area contributed by atoms with E-state index < -0.39 is 5.97 Å². The van der Waals surface area contributed by atoms with Crippen LogP contribution < -0.4 is 5.32 Å². The molecule has 1 amide bonds. The number of carboxylic acid groups (broad SMARTS) is 1. The third-order valence-corrected chi connectivity index (χ3v) is 2.99. The van der Waals surface area contributed by atoms with E-state index in [9.17, 15) is 9.59 Å². The molecule has 20 heavy (non-hydrogen) atoms. The Balaban J connectivity index is 1.73. The summed E-state index contributed by atoms with van der Waals surface area (Å²) in [6.45, 7) is 4.27. The van der Waals surface area contributed by atoms with Crippen molar-refractivity contribution in [2.45, 2.75) is 6.54 Å². The van der Waals surface area contributed by atoms with Gasteiger partial charge in [0.25, 0.3) is 5.91 Å². The van der Waals surface area contributed by atoms with Crippen LogP contribution in [0.25, 0.3) is 0 Å². The summed E-state index contributed by atoms with van der Waals surface area (Å²) in [4.78, 5) is 24.5. The number of carbonyl (C=O) groups excluding carboxylic acids is 1. The maximum absolute atomic E-state index is 11.8. The Hall–Kier alpha value is -1.93. The maximum atomic E-state index is 11.8. The summed E-state index contributed by atoms with van der Waals surface area (Å²) < 4.78 is 6.46. The van der Waals surface area contributed by atoms with Gasteiger partial charge in [0.15, 0.2) is 0 Å². The first-order chi connectivity index (χ1) is 9.65. The SMILES string of the molecule is O=C(O)Cn1ccc(C(=O)NCCN2CCOCC2)n1. The molecule has 0 atom stereocenters. The van der Waals surface area contributed by atoms with Crippen LogP contribution in [0.5, 0.6) is 0 Å². The molecule has 1 aromatic rings. The molecule has 8 nitrogen and oxygen atoms in total. The number of nitrogens with one attached hydrogen (secondary N) is 1. The van der Waals surface area contributed by atoms with Crippen molar-refractivity contribution in [1.82, 2.24) is 20.0 Å². The lowest BCUT2D eigenvalue weighted by atomic mass is 10.4. The lowest BCUT2D eigenvalue weighted by Crippen LogP contribution is -2.41. The third kappa shape index (κ3) is 4.32. The van der Waals surface area contributed by atoms with Crippen LogP contribution in [0.3, 0.4) is 0 Å². The van der Waals surface area contributed by atoms with E-state index in [2.05, 4.69) is 15.3 Å². The molecule has 8 heteroatoms. The zero-order valence-corrected chi connectivity index (χ0v) is 11.1. The smallest absolute Gasteiger partial charge is 0.325 e. The first-order valence-corrected chi connectivity index (χ1v) is 6.49. The average molecular weight is 282 g/mol. The van der Waals surface area contributed by atoms with Crippen molar-refractivity contribution in [1.29, 1.82) is 0 Å². The number of hydrogen-bond donors (Lipinski definition) is 2. The minimum atomic E-state index is -0.993. The van der Waals surface area contributed by atoms with Crippen molar-refractivity contribution in [2.24, 2.45) is 0 Å². The fourth-order valence-electron chi connectivity index (χ4n) is 1.95. The van der Waals surface area contributed by atoms with Gasteiger partial charge in [-0.05, 0) is 6.07 Å². The highest BCUT2D eigenvalue weighted by atomic mass is 16.5. The topological polar surface area (TPSA) is 96.7 Å². The molecule has 1 saturated heterocycles. The standard InChI is InChI=1S/C12H18N4O4/c17-11(18)9-16-3-1-10(14-16)12(19)13-2-4-15-5-7-20-8-6-15/h1,3H,2,4-9H2,(H,13,19)(H,17,18). The Morgan fingerprint density at radius 3 is 2.85 bits per heavy atom. The van der Waals surface area contributed by atoms with Crippen molar-refractivity contribution in [3.05, 3.63) is 18.0 Å². The van der Waals surface area contributed by atoms with E-state index in [-0.39, 0.29) is 18.1 Å². The molecule has 1 fully saturated rings. The van der Waals surface area contributed by atoms with Gasteiger partial charge in [-0.3, -0.25) is 19.2 Å². The van der Waals surface area contributed by atoms with Gasteiger partial charge in [0.2, 0.25) is 0 Å². The molecule has 0 bridgehead atoms. The summed E-state index contributed by atoms with van der Waals surface area (Å²) in [5, 5.41) is 15.3. The number of nitrogens with zero attached hydrogens (tertiary/aromatic N) is 3. The summed E-state index contributed by atoms with van der Waals surface area (Å²) in [7, 11) is 0. The molecule has 110 valence electrons.